The molecule has 0 atom stereocenters. The zero-order valence-corrected chi connectivity index (χ0v) is 18.1. The molecule has 1 saturated heterocycles. The van der Waals surface area contributed by atoms with Crippen molar-refractivity contribution in [3.05, 3.63) is 53.6 Å². The quantitative estimate of drug-likeness (QED) is 0.562. The second kappa shape index (κ2) is 8.13. The van der Waals surface area contributed by atoms with E-state index in [-0.39, 0.29) is 5.91 Å². The average molecular weight is 412 g/mol. The predicted octanol–water partition coefficient (Wildman–Crippen LogP) is 5.07. The summed E-state index contributed by atoms with van der Waals surface area (Å²) in [6.45, 7) is 9.56. The van der Waals surface area contributed by atoms with Crippen LogP contribution in [0.15, 0.2) is 47.4 Å². The number of rotatable bonds is 4. The first-order chi connectivity index (χ1) is 13.5. The lowest BCUT2D eigenvalue weighted by atomic mass is 10.2. The van der Waals surface area contributed by atoms with Gasteiger partial charge in [0.2, 0.25) is 0 Å². The number of thiazole rings is 1. The largest absolute Gasteiger partial charge is 0.345 e. The number of hydrogen-bond acceptors (Lipinski definition) is 5. The molecule has 0 N–H and O–H groups in total. The third-order valence-corrected chi connectivity index (χ3v) is 6.90. The number of hydrogen-bond donors (Lipinski definition) is 0. The highest BCUT2D eigenvalue weighted by Gasteiger charge is 2.24. The van der Waals surface area contributed by atoms with Gasteiger partial charge in [0.15, 0.2) is 5.13 Å². The number of thioether (sulfide) groups is 1. The summed E-state index contributed by atoms with van der Waals surface area (Å²) in [5.74, 6) is 0.130. The summed E-state index contributed by atoms with van der Waals surface area (Å²) >= 11 is 3.53. The van der Waals surface area contributed by atoms with Crippen LogP contribution >= 0.6 is 23.1 Å². The second-order valence-corrected chi connectivity index (χ2v) is 10.1. The standard InChI is InChI=1S/C22H25N3OS2/c1-15(2)27-18-6-4-5-17(14-18)21(26)24-9-11-25(12-10-24)22-23-19-8-7-16(3)13-20(19)28-22/h4-8,13-15H,9-12H2,1-3H3. The van der Waals surface area contributed by atoms with Gasteiger partial charge in [-0.2, -0.15) is 0 Å². The van der Waals surface area contributed by atoms with Gasteiger partial charge < -0.3 is 9.80 Å². The van der Waals surface area contributed by atoms with E-state index in [0.29, 0.717) is 5.25 Å². The zero-order chi connectivity index (χ0) is 19.7. The Labute approximate surface area is 174 Å². The first-order valence-corrected chi connectivity index (χ1v) is 11.4. The normalized spacial score (nSPS) is 14.9. The molecule has 1 aromatic heterocycles. The number of carbonyl (C=O) groups is 1. The fourth-order valence-corrected chi connectivity index (χ4v) is 5.42. The Morgan fingerprint density at radius 1 is 1.11 bits per heavy atom. The van der Waals surface area contributed by atoms with Crippen LogP contribution in [-0.4, -0.2) is 47.2 Å². The number of benzene rings is 2. The molecule has 146 valence electrons. The number of anilines is 1. The fraction of sp³-hybridized carbons (Fsp3) is 0.364. The highest BCUT2D eigenvalue weighted by Crippen LogP contribution is 2.30. The van der Waals surface area contributed by atoms with Gasteiger partial charge in [0.05, 0.1) is 10.2 Å². The molecule has 2 heterocycles. The van der Waals surface area contributed by atoms with Crippen LogP contribution < -0.4 is 4.90 Å². The van der Waals surface area contributed by atoms with Gasteiger partial charge in [-0.3, -0.25) is 4.79 Å². The van der Waals surface area contributed by atoms with Crippen LogP contribution in [0.1, 0.15) is 29.8 Å². The van der Waals surface area contributed by atoms with E-state index in [4.69, 9.17) is 4.98 Å². The molecule has 28 heavy (non-hydrogen) atoms. The molecule has 1 aliphatic heterocycles. The van der Waals surface area contributed by atoms with Crippen LogP contribution in [0.2, 0.25) is 0 Å². The lowest BCUT2D eigenvalue weighted by Crippen LogP contribution is -2.48. The Hall–Kier alpha value is -2.05. The summed E-state index contributed by atoms with van der Waals surface area (Å²) in [7, 11) is 0. The maximum atomic E-state index is 12.9. The Kier molecular flexibility index (Phi) is 5.60. The van der Waals surface area contributed by atoms with Gasteiger partial charge in [-0.25, -0.2) is 4.98 Å². The minimum absolute atomic E-state index is 0.130. The zero-order valence-electron chi connectivity index (χ0n) is 16.5. The minimum atomic E-state index is 0.130. The Bertz CT molecular complexity index is 990. The first kappa shape index (κ1) is 19.3. The van der Waals surface area contributed by atoms with Crippen molar-refractivity contribution in [1.82, 2.24) is 9.88 Å². The van der Waals surface area contributed by atoms with Crippen molar-refractivity contribution in [1.29, 1.82) is 0 Å². The lowest BCUT2D eigenvalue weighted by molar-refractivity contribution is 0.0746. The SMILES string of the molecule is Cc1ccc2nc(N3CCN(C(=O)c4cccc(SC(C)C)c4)CC3)sc2c1. The Balaban J connectivity index is 1.42. The van der Waals surface area contributed by atoms with Gasteiger partial charge >= 0.3 is 0 Å². The van der Waals surface area contributed by atoms with Crippen molar-refractivity contribution in [3.8, 4) is 0 Å². The molecule has 1 aliphatic rings. The maximum Gasteiger partial charge on any atom is 0.254 e. The molecule has 0 aliphatic carbocycles. The molecule has 0 saturated carbocycles. The van der Waals surface area contributed by atoms with Crippen LogP contribution in [0.5, 0.6) is 0 Å². The number of piperazine rings is 1. The van der Waals surface area contributed by atoms with Crippen molar-refractivity contribution in [2.75, 3.05) is 31.1 Å². The monoisotopic (exact) mass is 411 g/mol. The molecule has 6 heteroatoms. The molecule has 0 unspecified atom stereocenters. The molecule has 4 nitrogen and oxygen atoms in total. The van der Waals surface area contributed by atoms with E-state index in [9.17, 15) is 4.79 Å². The van der Waals surface area contributed by atoms with Gasteiger partial charge in [0, 0.05) is 41.9 Å². The summed E-state index contributed by atoms with van der Waals surface area (Å²) in [4.78, 5) is 23.1. The molecular formula is C22H25N3OS2. The first-order valence-electron chi connectivity index (χ1n) is 9.68. The van der Waals surface area contributed by atoms with Crippen LogP contribution in [0.25, 0.3) is 10.2 Å². The van der Waals surface area contributed by atoms with E-state index in [0.717, 1.165) is 47.3 Å². The maximum absolute atomic E-state index is 12.9. The highest BCUT2D eigenvalue weighted by molar-refractivity contribution is 7.99. The van der Waals surface area contributed by atoms with Gasteiger partial charge in [-0.15, -0.1) is 11.8 Å². The van der Waals surface area contributed by atoms with Crippen LogP contribution in [0.3, 0.4) is 0 Å². The van der Waals surface area contributed by atoms with E-state index in [2.05, 4.69) is 49.9 Å². The molecule has 3 aromatic rings. The van der Waals surface area contributed by atoms with E-state index in [1.807, 2.05) is 23.1 Å². The number of amides is 1. The molecule has 1 amide bonds. The number of nitrogens with zero attached hydrogens (tertiary/aromatic N) is 3. The van der Waals surface area contributed by atoms with E-state index in [1.54, 1.807) is 23.1 Å². The predicted molar refractivity (Wildman–Crippen MR) is 120 cm³/mol. The van der Waals surface area contributed by atoms with E-state index in [1.165, 1.54) is 10.3 Å². The Morgan fingerprint density at radius 3 is 2.64 bits per heavy atom. The molecule has 0 bridgehead atoms. The molecule has 0 spiro atoms. The van der Waals surface area contributed by atoms with Gasteiger partial charge in [-0.05, 0) is 42.8 Å². The average Bonchev–Trinajstić information content (AvgIpc) is 3.10. The molecule has 4 rings (SSSR count). The third kappa shape index (κ3) is 4.18. The molecular weight excluding hydrogens is 386 g/mol. The van der Waals surface area contributed by atoms with Crippen LogP contribution in [0.4, 0.5) is 5.13 Å². The van der Waals surface area contributed by atoms with Crippen molar-refractivity contribution in [2.45, 2.75) is 30.9 Å². The highest BCUT2D eigenvalue weighted by atomic mass is 32.2. The van der Waals surface area contributed by atoms with E-state index >= 15 is 0 Å². The summed E-state index contributed by atoms with van der Waals surface area (Å²) in [6.07, 6.45) is 0. The molecule has 1 fully saturated rings. The third-order valence-electron chi connectivity index (χ3n) is 4.82. The number of aromatic nitrogens is 1. The van der Waals surface area contributed by atoms with E-state index < -0.39 is 0 Å². The molecule has 0 radical (unpaired) electrons. The fourth-order valence-electron chi connectivity index (χ4n) is 3.41. The Morgan fingerprint density at radius 2 is 1.89 bits per heavy atom. The smallest absolute Gasteiger partial charge is 0.254 e. The van der Waals surface area contributed by atoms with Gasteiger partial charge in [-0.1, -0.05) is 37.3 Å². The summed E-state index contributed by atoms with van der Waals surface area (Å²) in [5.41, 5.74) is 3.11. The van der Waals surface area contributed by atoms with Crippen molar-refractivity contribution < 1.29 is 4.79 Å². The van der Waals surface area contributed by atoms with Crippen molar-refractivity contribution in [2.24, 2.45) is 0 Å². The lowest BCUT2D eigenvalue weighted by Gasteiger charge is -2.34. The topological polar surface area (TPSA) is 36.4 Å². The van der Waals surface area contributed by atoms with Crippen molar-refractivity contribution in [3.63, 3.8) is 0 Å². The van der Waals surface area contributed by atoms with Crippen LogP contribution in [0, 0.1) is 6.92 Å². The van der Waals surface area contributed by atoms with Crippen molar-refractivity contribution >= 4 is 44.4 Å². The van der Waals surface area contributed by atoms with Crippen LogP contribution in [-0.2, 0) is 0 Å². The second-order valence-electron chi connectivity index (χ2n) is 7.44. The molecule has 2 aromatic carbocycles. The summed E-state index contributed by atoms with van der Waals surface area (Å²) in [6, 6.07) is 14.4. The summed E-state index contributed by atoms with van der Waals surface area (Å²) in [5, 5.41) is 1.56. The summed E-state index contributed by atoms with van der Waals surface area (Å²) < 4.78 is 1.23. The van der Waals surface area contributed by atoms with Gasteiger partial charge in [0.25, 0.3) is 5.91 Å². The number of fused-ring (bicyclic) bond motifs is 1. The van der Waals surface area contributed by atoms with Gasteiger partial charge in [0.1, 0.15) is 0 Å². The minimum Gasteiger partial charge on any atom is -0.345 e. The number of carbonyl (C=O) groups excluding carboxylic acids is 1. The number of aryl methyl sites for hydroxylation is 1.